The van der Waals surface area contributed by atoms with Gasteiger partial charge >= 0.3 is 0 Å². The molecule has 0 spiro atoms. The highest BCUT2D eigenvalue weighted by Crippen LogP contribution is 2.15. The Hall–Kier alpha value is -1.18. The third-order valence-electron chi connectivity index (χ3n) is 2.06. The zero-order valence-corrected chi connectivity index (χ0v) is 8.79. The Morgan fingerprint density at radius 2 is 2.15 bits per heavy atom. The summed E-state index contributed by atoms with van der Waals surface area (Å²) in [6.45, 7) is 7.15. The SMILES string of the molecule is CCN(C)/C=C\c1oc(C)cc1C. The summed E-state index contributed by atoms with van der Waals surface area (Å²) in [5.74, 6) is 1.93. The van der Waals surface area contributed by atoms with E-state index in [0.717, 1.165) is 18.1 Å². The van der Waals surface area contributed by atoms with Crippen molar-refractivity contribution < 1.29 is 4.42 Å². The van der Waals surface area contributed by atoms with Crippen LogP contribution in [0.3, 0.4) is 0 Å². The summed E-state index contributed by atoms with van der Waals surface area (Å²) in [6.07, 6.45) is 4.04. The fourth-order valence-corrected chi connectivity index (χ4v) is 1.13. The normalized spacial score (nSPS) is 11.1. The molecule has 0 bridgehead atoms. The van der Waals surface area contributed by atoms with E-state index in [0.29, 0.717) is 0 Å². The molecular weight excluding hydrogens is 162 g/mol. The summed E-state index contributed by atoms with van der Waals surface area (Å²) < 4.78 is 5.50. The molecule has 72 valence electrons. The molecule has 2 heteroatoms. The van der Waals surface area contributed by atoms with Crippen LogP contribution in [-0.4, -0.2) is 18.5 Å². The van der Waals surface area contributed by atoms with Crippen molar-refractivity contribution >= 4 is 6.08 Å². The molecule has 0 N–H and O–H groups in total. The zero-order valence-electron chi connectivity index (χ0n) is 8.79. The van der Waals surface area contributed by atoms with Crippen LogP contribution >= 0.6 is 0 Å². The Labute approximate surface area is 79.9 Å². The number of furan rings is 1. The molecule has 1 rings (SSSR count). The quantitative estimate of drug-likeness (QED) is 0.709. The van der Waals surface area contributed by atoms with Crippen molar-refractivity contribution in [3.05, 3.63) is 29.4 Å². The molecule has 2 nitrogen and oxygen atoms in total. The highest BCUT2D eigenvalue weighted by molar-refractivity contribution is 5.47. The highest BCUT2D eigenvalue weighted by atomic mass is 16.3. The maximum Gasteiger partial charge on any atom is 0.131 e. The lowest BCUT2D eigenvalue weighted by atomic mass is 10.2. The van der Waals surface area contributed by atoms with Crippen molar-refractivity contribution in [2.45, 2.75) is 20.8 Å². The summed E-state index contributed by atoms with van der Waals surface area (Å²) in [4.78, 5) is 2.11. The van der Waals surface area contributed by atoms with Gasteiger partial charge in [0.25, 0.3) is 0 Å². The molecule has 0 radical (unpaired) electrons. The van der Waals surface area contributed by atoms with Crippen LogP contribution < -0.4 is 0 Å². The number of aryl methyl sites for hydroxylation is 2. The smallest absolute Gasteiger partial charge is 0.131 e. The van der Waals surface area contributed by atoms with Crippen molar-refractivity contribution in [3.63, 3.8) is 0 Å². The second-order valence-corrected chi connectivity index (χ2v) is 3.29. The number of hydrogen-bond acceptors (Lipinski definition) is 2. The number of rotatable bonds is 3. The largest absolute Gasteiger partial charge is 0.462 e. The number of nitrogens with zero attached hydrogens (tertiary/aromatic N) is 1. The van der Waals surface area contributed by atoms with Crippen molar-refractivity contribution in [2.24, 2.45) is 0 Å². The molecule has 0 aromatic carbocycles. The first-order valence-corrected chi connectivity index (χ1v) is 4.59. The van der Waals surface area contributed by atoms with E-state index in [-0.39, 0.29) is 0 Å². The average molecular weight is 179 g/mol. The van der Waals surface area contributed by atoms with Crippen LogP contribution in [0, 0.1) is 13.8 Å². The minimum absolute atomic E-state index is 0.956. The Kier molecular flexibility index (Phi) is 3.18. The molecule has 0 saturated carbocycles. The van der Waals surface area contributed by atoms with E-state index < -0.39 is 0 Å². The molecule has 1 aromatic rings. The molecule has 0 aliphatic rings. The van der Waals surface area contributed by atoms with E-state index in [2.05, 4.69) is 18.7 Å². The third-order valence-corrected chi connectivity index (χ3v) is 2.06. The molecule has 0 saturated heterocycles. The van der Waals surface area contributed by atoms with Crippen molar-refractivity contribution in [2.75, 3.05) is 13.6 Å². The van der Waals surface area contributed by atoms with Gasteiger partial charge in [0.2, 0.25) is 0 Å². The topological polar surface area (TPSA) is 16.4 Å². The summed E-state index contributed by atoms with van der Waals surface area (Å²) in [5.41, 5.74) is 1.19. The lowest BCUT2D eigenvalue weighted by Crippen LogP contribution is -2.07. The average Bonchev–Trinajstić information content (AvgIpc) is 2.41. The zero-order chi connectivity index (χ0) is 9.84. The molecule has 0 amide bonds. The maximum atomic E-state index is 5.50. The van der Waals surface area contributed by atoms with E-state index in [9.17, 15) is 0 Å². The monoisotopic (exact) mass is 179 g/mol. The Morgan fingerprint density at radius 3 is 2.62 bits per heavy atom. The third kappa shape index (κ3) is 2.65. The van der Waals surface area contributed by atoms with Gasteiger partial charge in [0.05, 0.1) is 0 Å². The van der Waals surface area contributed by atoms with Crippen LogP contribution in [0.4, 0.5) is 0 Å². The van der Waals surface area contributed by atoms with Gasteiger partial charge in [-0.1, -0.05) is 0 Å². The Bertz CT molecular complexity index is 299. The van der Waals surface area contributed by atoms with Gasteiger partial charge in [0, 0.05) is 19.8 Å². The van der Waals surface area contributed by atoms with E-state index in [4.69, 9.17) is 4.42 Å². The second-order valence-electron chi connectivity index (χ2n) is 3.29. The molecule has 1 heterocycles. The van der Waals surface area contributed by atoms with Crippen LogP contribution in [0.25, 0.3) is 6.08 Å². The molecule has 13 heavy (non-hydrogen) atoms. The predicted molar refractivity (Wildman–Crippen MR) is 55.5 cm³/mol. The fourth-order valence-electron chi connectivity index (χ4n) is 1.13. The van der Waals surface area contributed by atoms with E-state index in [1.54, 1.807) is 0 Å². The first-order chi connectivity index (χ1) is 6.13. The highest BCUT2D eigenvalue weighted by Gasteiger charge is 2.00. The van der Waals surface area contributed by atoms with E-state index >= 15 is 0 Å². The number of hydrogen-bond donors (Lipinski definition) is 0. The minimum atomic E-state index is 0.956. The van der Waals surface area contributed by atoms with Crippen molar-refractivity contribution in [1.82, 2.24) is 4.90 Å². The predicted octanol–water partition coefficient (Wildman–Crippen LogP) is 2.82. The minimum Gasteiger partial charge on any atom is -0.462 e. The summed E-state index contributed by atoms with van der Waals surface area (Å²) in [6, 6.07) is 2.05. The van der Waals surface area contributed by atoms with Gasteiger partial charge in [-0.15, -0.1) is 0 Å². The molecule has 0 aliphatic heterocycles. The molecule has 0 fully saturated rings. The van der Waals surface area contributed by atoms with Gasteiger partial charge < -0.3 is 9.32 Å². The molecule has 0 unspecified atom stereocenters. The Balaban J connectivity index is 2.73. The molecular formula is C11H17NO. The maximum absolute atomic E-state index is 5.50. The summed E-state index contributed by atoms with van der Waals surface area (Å²) in [7, 11) is 2.04. The van der Waals surface area contributed by atoms with Crippen LogP contribution in [-0.2, 0) is 0 Å². The first-order valence-electron chi connectivity index (χ1n) is 4.59. The lowest BCUT2D eigenvalue weighted by molar-refractivity contribution is 0.482. The van der Waals surface area contributed by atoms with E-state index in [1.165, 1.54) is 5.56 Å². The first kappa shape index (κ1) is 9.90. The molecule has 1 aromatic heterocycles. The van der Waals surface area contributed by atoms with Crippen molar-refractivity contribution in [1.29, 1.82) is 0 Å². The van der Waals surface area contributed by atoms with Crippen LogP contribution in [0.2, 0.25) is 0 Å². The van der Waals surface area contributed by atoms with Gasteiger partial charge in [-0.3, -0.25) is 0 Å². The standard InChI is InChI=1S/C11H17NO/c1-5-12(4)7-6-11-9(2)8-10(3)13-11/h6-8H,5H2,1-4H3/b7-6-. The van der Waals surface area contributed by atoms with Gasteiger partial charge in [0.1, 0.15) is 11.5 Å². The van der Waals surface area contributed by atoms with E-state index in [1.807, 2.05) is 32.3 Å². The fraction of sp³-hybridized carbons (Fsp3) is 0.455. The van der Waals surface area contributed by atoms with Crippen molar-refractivity contribution in [3.8, 4) is 0 Å². The second kappa shape index (κ2) is 4.17. The summed E-state index contributed by atoms with van der Waals surface area (Å²) >= 11 is 0. The summed E-state index contributed by atoms with van der Waals surface area (Å²) in [5, 5.41) is 0. The molecule has 0 aliphatic carbocycles. The van der Waals surface area contributed by atoms with Gasteiger partial charge in [-0.2, -0.15) is 0 Å². The van der Waals surface area contributed by atoms with Gasteiger partial charge in [-0.25, -0.2) is 0 Å². The van der Waals surface area contributed by atoms with Crippen LogP contribution in [0.5, 0.6) is 0 Å². The van der Waals surface area contributed by atoms with Crippen LogP contribution in [0.15, 0.2) is 16.7 Å². The Morgan fingerprint density at radius 1 is 1.46 bits per heavy atom. The lowest BCUT2D eigenvalue weighted by Gasteiger charge is -2.08. The van der Waals surface area contributed by atoms with Gasteiger partial charge in [0.15, 0.2) is 0 Å². The molecule has 0 atom stereocenters. The van der Waals surface area contributed by atoms with Crippen LogP contribution in [0.1, 0.15) is 24.0 Å². The van der Waals surface area contributed by atoms with Gasteiger partial charge in [-0.05, 0) is 38.5 Å².